The summed E-state index contributed by atoms with van der Waals surface area (Å²) in [5.74, 6) is -0.367. The van der Waals surface area contributed by atoms with Crippen LogP contribution in [0.5, 0.6) is 0 Å². The fourth-order valence-electron chi connectivity index (χ4n) is 3.53. The highest BCUT2D eigenvalue weighted by atomic mass is 16.1. The molecule has 2 aromatic carbocycles. The fourth-order valence-corrected chi connectivity index (χ4v) is 3.53. The van der Waals surface area contributed by atoms with Crippen LogP contribution in [0.4, 0.5) is 0 Å². The van der Waals surface area contributed by atoms with E-state index in [0.29, 0.717) is 11.6 Å². The maximum Gasteiger partial charge on any atom is 0.248 e. The molecule has 0 saturated carbocycles. The number of hydrogen-bond acceptors (Lipinski definition) is 3. The normalized spacial score (nSPS) is 17.4. The van der Waals surface area contributed by atoms with E-state index in [9.17, 15) is 4.79 Å². The van der Waals surface area contributed by atoms with Crippen LogP contribution in [0.25, 0.3) is 11.1 Å². The molecule has 1 aliphatic heterocycles. The maximum absolute atomic E-state index is 11.6. The monoisotopic (exact) mass is 337 g/mol. The van der Waals surface area contributed by atoms with Crippen molar-refractivity contribution in [3.63, 3.8) is 0 Å². The zero-order chi connectivity index (χ0) is 17.8. The lowest BCUT2D eigenvalue weighted by Gasteiger charge is -2.36. The molecule has 2 N–H and O–H groups in total. The van der Waals surface area contributed by atoms with Crippen LogP contribution in [0, 0.1) is 0 Å². The van der Waals surface area contributed by atoms with Crippen LogP contribution in [-0.2, 0) is 6.42 Å². The third-order valence-corrected chi connectivity index (χ3v) is 5.15. The summed E-state index contributed by atoms with van der Waals surface area (Å²) in [5.41, 5.74) is 9.64. The zero-order valence-electron chi connectivity index (χ0n) is 15.1. The van der Waals surface area contributed by atoms with Gasteiger partial charge in [0.2, 0.25) is 5.91 Å². The SMILES string of the molecule is CC(Cc1cc(C(N)=O)ccc1-c1ccccc1)N1CCN(C)CC1. The van der Waals surface area contributed by atoms with Gasteiger partial charge in [-0.1, -0.05) is 36.4 Å². The number of primary amides is 1. The molecule has 0 radical (unpaired) electrons. The van der Waals surface area contributed by atoms with Gasteiger partial charge in [0.05, 0.1) is 0 Å². The van der Waals surface area contributed by atoms with Crippen molar-refractivity contribution in [1.29, 1.82) is 0 Å². The van der Waals surface area contributed by atoms with Crippen molar-refractivity contribution >= 4 is 5.91 Å². The van der Waals surface area contributed by atoms with Gasteiger partial charge in [-0.05, 0) is 49.2 Å². The fraction of sp³-hybridized carbons (Fsp3) is 0.381. The molecule has 1 atom stereocenters. The summed E-state index contributed by atoms with van der Waals surface area (Å²) in [5, 5.41) is 0. The molecule has 0 aromatic heterocycles. The quantitative estimate of drug-likeness (QED) is 0.912. The number of nitrogens with zero attached hydrogens (tertiary/aromatic N) is 2. The van der Waals surface area contributed by atoms with Gasteiger partial charge in [-0.25, -0.2) is 0 Å². The summed E-state index contributed by atoms with van der Waals surface area (Å²) in [6.45, 7) is 6.67. The summed E-state index contributed by atoms with van der Waals surface area (Å²) in [6, 6.07) is 16.6. The lowest BCUT2D eigenvalue weighted by atomic mass is 9.93. The number of piperazine rings is 1. The molecule has 1 saturated heterocycles. The van der Waals surface area contributed by atoms with E-state index in [-0.39, 0.29) is 5.91 Å². The van der Waals surface area contributed by atoms with Crippen molar-refractivity contribution in [2.24, 2.45) is 5.73 Å². The maximum atomic E-state index is 11.6. The van der Waals surface area contributed by atoms with Gasteiger partial charge in [0, 0.05) is 37.8 Å². The van der Waals surface area contributed by atoms with E-state index in [1.807, 2.05) is 36.4 Å². The van der Waals surface area contributed by atoms with Gasteiger partial charge in [0.25, 0.3) is 0 Å². The van der Waals surface area contributed by atoms with E-state index in [2.05, 4.69) is 35.9 Å². The second-order valence-corrected chi connectivity index (χ2v) is 6.99. The molecule has 0 spiro atoms. The molecule has 0 bridgehead atoms. The summed E-state index contributed by atoms with van der Waals surface area (Å²) in [7, 11) is 2.17. The average Bonchev–Trinajstić information content (AvgIpc) is 2.63. The second-order valence-electron chi connectivity index (χ2n) is 6.99. The lowest BCUT2D eigenvalue weighted by Crippen LogP contribution is -2.48. The molecule has 1 heterocycles. The Hall–Kier alpha value is -2.17. The van der Waals surface area contributed by atoms with E-state index in [1.165, 1.54) is 16.7 Å². The highest BCUT2D eigenvalue weighted by molar-refractivity contribution is 5.93. The number of carbonyl (C=O) groups excluding carboxylic acids is 1. The van der Waals surface area contributed by atoms with Crippen LogP contribution in [0.2, 0.25) is 0 Å². The van der Waals surface area contributed by atoms with Gasteiger partial charge >= 0.3 is 0 Å². The minimum absolute atomic E-state index is 0.367. The Morgan fingerprint density at radius 2 is 1.76 bits per heavy atom. The molecule has 4 nitrogen and oxygen atoms in total. The van der Waals surface area contributed by atoms with Crippen LogP contribution in [-0.4, -0.2) is 55.0 Å². The highest BCUT2D eigenvalue weighted by Crippen LogP contribution is 2.27. The van der Waals surface area contributed by atoms with Crippen molar-refractivity contribution in [1.82, 2.24) is 9.80 Å². The largest absolute Gasteiger partial charge is 0.366 e. The standard InChI is InChI=1S/C21H27N3O/c1-16(24-12-10-23(2)11-13-24)14-19-15-18(21(22)25)8-9-20(19)17-6-4-3-5-7-17/h3-9,15-16H,10-14H2,1-2H3,(H2,22,25). The minimum Gasteiger partial charge on any atom is -0.366 e. The Morgan fingerprint density at radius 3 is 2.40 bits per heavy atom. The first-order valence-corrected chi connectivity index (χ1v) is 8.95. The molecule has 3 rings (SSSR count). The Bertz CT molecular complexity index is 721. The van der Waals surface area contributed by atoms with Gasteiger partial charge in [-0.2, -0.15) is 0 Å². The minimum atomic E-state index is -0.367. The molecular weight excluding hydrogens is 310 g/mol. The summed E-state index contributed by atoms with van der Waals surface area (Å²) in [6.07, 6.45) is 0.912. The molecule has 132 valence electrons. The highest BCUT2D eigenvalue weighted by Gasteiger charge is 2.21. The molecular formula is C21H27N3O. The van der Waals surface area contributed by atoms with Gasteiger partial charge < -0.3 is 10.6 Å². The van der Waals surface area contributed by atoms with Crippen molar-refractivity contribution in [2.45, 2.75) is 19.4 Å². The van der Waals surface area contributed by atoms with E-state index in [1.54, 1.807) is 0 Å². The first-order valence-electron chi connectivity index (χ1n) is 8.95. The molecule has 25 heavy (non-hydrogen) atoms. The number of amides is 1. The Kier molecular flexibility index (Phi) is 5.51. The van der Waals surface area contributed by atoms with Gasteiger partial charge in [-0.3, -0.25) is 9.69 Å². The van der Waals surface area contributed by atoms with Gasteiger partial charge in [0.15, 0.2) is 0 Å². The first-order chi connectivity index (χ1) is 12.0. The smallest absolute Gasteiger partial charge is 0.248 e. The number of nitrogens with two attached hydrogens (primary N) is 1. The number of likely N-dealkylation sites (N-methyl/N-ethyl adjacent to an activating group) is 1. The molecule has 1 amide bonds. The number of hydrogen-bond donors (Lipinski definition) is 1. The summed E-state index contributed by atoms with van der Waals surface area (Å²) >= 11 is 0. The van der Waals surface area contributed by atoms with Crippen LogP contribution in [0.1, 0.15) is 22.8 Å². The van der Waals surface area contributed by atoms with E-state index < -0.39 is 0 Å². The van der Waals surface area contributed by atoms with Crippen molar-refractivity contribution < 1.29 is 4.79 Å². The summed E-state index contributed by atoms with van der Waals surface area (Å²) in [4.78, 5) is 16.5. The van der Waals surface area contributed by atoms with Crippen LogP contribution in [0.3, 0.4) is 0 Å². The Labute approximate surface area is 150 Å². The molecule has 1 fully saturated rings. The van der Waals surface area contributed by atoms with Crippen LogP contribution < -0.4 is 5.73 Å². The predicted octanol–water partition coefficient (Wildman–Crippen LogP) is 2.63. The van der Waals surface area contributed by atoms with Gasteiger partial charge in [-0.15, -0.1) is 0 Å². The average molecular weight is 337 g/mol. The Balaban J connectivity index is 1.87. The Morgan fingerprint density at radius 1 is 1.08 bits per heavy atom. The summed E-state index contributed by atoms with van der Waals surface area (Å²) < 4.78 is 0. The lowest BCUT2D eigenvalue weighted by molar-refractivity contribution is 0.1000. The number of rotatable bonds is 5. The van der Waals surface area contributed by atoms with Crippen LogP contribution >= 0.6 is 0 Å². The number of carbonyl (C=O) groups is 1. The predicted molar refractivity (Wildman–Crippen MR) is 103 cm³/mol. The van der Waals surface area contributed by atoms with E-state index in [0.717, 1.165) is 32.6 Å². The third-order valence-electron chi connectivity index (χ3n) is 5.15. The molecule has 0 aliphatic carbocycles. The van der Waals surface area contributed by atoms with E-state index >= 15 is 0 Å². The molecule has 1 unspecified atom stereocenters. The number of benzene rings is 2. The van der Waals surface area contributed by atoms with Crippen molar-refractivity contribution in [3.05, 3.63) is 59.7 Å². The van der Waals surface area contributed by atoms with Gasteiger partial charge in [0.1, 0.15) is 0 Å². The molecule has 1 aliphatic rings. The molecule has 4 heteroatoms. The second kappa shape index (κ2) is 7.81. The third kappa shape index (κ3) is 4.27. The van der Waals surface area contributed by atoms with Crippen molar-refractivity contribution in [3.8, 4) is 11.1 Å². The topological polar surface area (TPSA) is 49.6 Å². The van der Waals surface area contributed by atoms with Crippen molar-refractivity contribution in [2.75, 3.05) is 33.2 Å². The van der Waals surface area contributed by atoms with Crippen LogP contribution in [0.15, 0.2) is 48.5 Å². The molecule has 2 aromatic rings. The van der Waals surface area contributed by atoms with E-state index in [4.69, 9.17) is 5.73 Å². The zero-order valence-corrected chi connectivity index (χ0v) is 15.1. The first kappa shape index (κ1) is 17.6.